The molecule has 0 bridgehead atoms. The van der Waals surface area contributed by atoms with Gasteiger partial charge in [-0.05, 0) is 44.2 Å². The molecular formula is C22H33N5. The van der Waals surface area contributed by atoms with Crippen LogP contribution >= 0.6 is 0 Å². The molecule has 4 rings (SSSR count). The average molecular weight is 368 g/mol. The van der Waals surface area contributed by atoms with Gasteiger partial charge in [0.25, 0.3) is 0 Å². The van der Waals surface area contributed by atoms with E-state index in [4.69, 9.17) is 0 Å². The van der Waals surface area contributed by atoms with Crippen LogP contribution < -0.4 is 10.6 Å². The van der Waals surface area contributed by atoms with Crippen LogP contribution in [0, 0.1) is 6.92 Å². The number of aliphatic imine (C=N–C) groups is 1. The lowest BCUT2D eigenvalue weighted by atomic mass is 10.1. The van der Waals surface area contributed by atoms with Crippen molar-refractivity contribution < 1.29 is 0 Å². The van der Waals surface area contributed by atoms with Gasteiger partial charge in [0.2, 0.25) is 0 Å². The van der Waals surface area contributed by atoms with E-state index < -0.39 is 0 Å². The van der Waals surface area contributed by atoms with Crippen LogP contribution in [0.5, 0.6) is 0 Å². The second-order valence-electron chi connectivity index (χ2n) is 8.09. The van der Waals surface area contributed by atoms with Crippen molar-refractivity contribution in [3.05, 3.63) is 35.5 Å². The number of aryl methyl sites for hydroxylation is 1. The van der Waals surface area contributed by atoms with Crippen molar-refractivity contribution in [2.75, 3.05) is 26.7 Å². The Morgan fingerprint density at radius 1 is 1.22 bits per heavy atom. The number of guanidine groups is 1. The quantitative estimate of drug-likeness (QED) is 0.562. The number of aromatic nitrogens is 1. The molecule has 0 amide bonds. The van der Waals surface area contributed by atoms with Gasteiger partial charge < -0.3 is 15.6 Å². The van der Waals surface area contributed by atoms with E-state index in [-0.39, 0.29) is 0 Å². The summed E-state index contributed by atoms with van der Waals surface area (Å²) in [6, 6.07) is 9.90. The fourth-order valence-electron chi connectivity index (χ4n) is 4.86. The Bertz CT molecular complexity index is 787. The lowest BCUT2D eigenvalue weighted by Crippen LogP contribution is -2.45. The summed E-state index contributed by atoms with van der Waals surface area (Å²) in [4.78, 5) is 10.6. The smallest absolute Gasteiger partial charge is 0.191 e. The van der Waals surface area contributed by atoms with Gasteiger partial charge in [0.1, 0.15) is 0 Å². The van der Waals surface area contributed by atoms with Crippen molar-refractivity contribution >= 4 is 16.9 Å². The molecule has 2 aliphatic rings. The molecule has 2 fully saturated rings. The number of hydrogen-bond donors (Lipinski definition) is 3. The predicted molar refractivity (Wildman–Crippen MR) is 113 cm³/mol. The van der Waals surface area contributed by atoms with E-state index in [1.54, 1.807) is 0 Å². The highest BCUT2D eigenvalue weighted by atomic mass is 15.3. The predicted octanol–water partition coefficient (Wildman–Crippen LogP) is 3.20. The van der Waals surface area contributed by atoms with E-state index >= 15 is 0 Å². The number of para-hydroxylation sites is 1. The SMILES string of the molecule is CN=C(NCCc1c(C)[nH]c2ccccc12)NC1CCN(C2CCCC2)C1. The highest BCUT2D eigenvalue weighted by Crippen LogP contribution is 2.26. The summed E-state index contributed by atoms with van der Waals surface area (Å²) < 4.78 is 0. The van der Waals surface area contributed by atoms with Crippen molar-refractivity contribution in [3.63, 3.8) is 0 Å². The minimum absolute atomic E-state index is 0.520. The Morgan fingerprint density at radius 3 is 2.85 bits per heavy atom. The number of fused-ring (bicyclic) bond motifs is 1. The molecule has 0 spiro atoms. The molecule has 1 aliphatic carbocycles. The number of nitrogens with one attached hydrogen (secondary N) is 3. The standard InChI is InChI=1S/C22H33N5/c1-16-19(20-9-5-6-10-21(20)25-16)11-13-24-22(23-2)26-17-12-14-27(15-17)18-7-3-4-8-18/h5-6,9-10,17-18,25H,3-4,7-8,11-15H2,1-2H3,(H2,23,24,26). The summed E-state index contributed by atoms with van der Waals surface area (Å²) in [5.74, 6) is 0.936. The van der Waals surface area contributed by atoms with E-state index in [2.05, 4.69) is 56.7 Å². The number of H-pyrrole nitrogens is 1. The fourth-order valence-corrected chi connectivity index (χ4v) is 4.86. The molecule has 1 saturated heterocycles. The molecule has 5 nitrogen and oxygen atoms in total. The third-order valence-electron chi connectivity index (χ3n) is 6.32. The number of nitrogens with zero attached hydrogens (tertiary/aromatic N) is 2. The summed E-state index contributed by atoms with van der Waals surface area (Å²) in [6.45, 7) is 5.45. The fraction of sp³-hybridized carbons (Fsp3) is 0.591. The normalized spacial score (nSPS) is 22.0. The second-order valence-corrected chi connectivity index (χ2v) is 8.09. The Balaban J connectivity index is 1.28. The topological polar surface area (TPSA) is 55.5 Å². The minimum atomic E-state index is 0.520. The van der Waals surface area contributed by atoms with Gasteiger partial charge in [-0.2, -0.15) is 0 Å². The largest absolute Gasteiger partial charge is 0.358 e. The zero-order valence-corrected chi connectivity index (χ0v) is 16.7. The van der Waals surface area contributed by atoms with Crippen molar-refractivity contribution in [1.29, 1.82) is 0 Å². The number of hydrogen-bond acceptors (Lipinski definition) is 2. The van der Waals surface area contributed by atoms with E-state index in [0.717, 1.165) is 31.5 Å². The second kappa shape index (κ2) is 8.34. The third-order valence-corrected chi connectivity index (χ3v) is 6.32. The summed E-state index contributed by atoms with van der Waals surface area (Å²) in [5.41, 5.74) is 3.90. The van der Waals surface area contributed by atoms with E-state index in [0.29, 0.717) is 6.04 Å². The Hall–Kier alpha value is -2.01. The number of benzene rings is 1. The highest BCUT2D eigenvalue weighted by Gasteiger charge is 2.30. The molecule has 1 atom stereocenters. The van der Waals surface area contributed by atoms with Gasteiger partial charge in [-0.25, -0.2) is 0 Å². The molecule has 3 N–H and O–H groups in total. The van der Waals surface area contributed by atoms with Gasteiger partial charge in [-0.1, -0.05) is 31.0 Å². The maximum Gasteiger partial charge on any atom is 0.191 e. The molecular weight excluding hydrogens is 334 g/mol. The van der Waals surface area contributed by atoms with Crippen molar-refractivity contribution in [2.45, 2.75) is 57.5 Å². The monoisotopic (exact) mass is 367 g/mol. The zero-order chi connectivity index (χ0) is 18.6. The Labute approximate surface area is 162 Å². The first-order valence-electron chi connectivity index (χ1n) is 10.5. The van der Waals surface area contributed by atoms with E-state index in [1.807, 2.05) is 7.05 Å². The van der Waals surface area contributed by atoms with Crippen molar-refractivity contribution in [2.24, 2.45) is 4.99 Å². The van der Waals surface area contributed by atoms with Crippen LogP contribution in [0.1, 0.15) is 43.4 Å². The Morgan fingerprint density at radius 2 is 2.04 bits per heavy atom. The van der Waals surface area contributed by atoms with Crippen LogP contribution in [-0.2, 0) is 6.42 Å². The first-order chi connectivity index (χ1) is 13.2. The molecule has 1 saturated carbocycles. The van der Waals surface area contributed by atoms with Gasteiger partial charge in [0.15, 0.2) is 5.96 Å². The minimum Gasteiger partial charge on any atom is -0.358 e. The molecule has 2 heterocycles. The van der Waals surface area contributed by atoms with Gasteiger partial charge in [0.05, 0.1) is 0 Å². The molecule has 0 radical (unpaired) electrons. The summed E-state index contributed by atoms with van der Waals surface area (Å²) in [6.07, 6.45) is 7.83. The molecule has 1 aromatic carbocycles. The van der Waals surface area contributed by atoms with Gasteiger partial charge in [-0.15, -0.1) is 0 Å². The van der Waals surface area contributed by atoms with Crippen LogP contribution in [0.2, 0.25) is 0 Å². The van der Waals surface area contributed by atoms with Gasteiger partial charge in [0, 0.05) is 55.4 Å². The van der Waals surface area contributed by atoms with E-state index in [1.165, 1.54) is 60.8 Å². The van der Waals surface area contributed by atoms with Crippen molar-refractivity contribution in [1.82, 2.24) is 20.5 Å². The van der Waals surface area contributed by atoms with Crippen LogP contribution in [0.4, 0.5) is 0 Å². The number of likely N-dealkylation sites (tertiary alicyclic amines) is 1. The number of aromatic amines is 1. The van der Waals surface area contributed by atoms with Crippen LogP contribution in [0.25, 0.3) is 10.9 Å². The Kier molecular flexibility index (Phi) is 5.67. The highest BCUT2D eigenvalue weighted by molar-refractivity contribution is 5.84. The van der Waals surface area contributed by atoms with Crippen LogP contribution in [-0.4, -0.2) is 54.6 Å². The third kappa shape index (κ3) is 4.13. The van der Waals surface area contributed by atoms with E-state index in [9.17, 15) is 0 Å². The molecule has 1 aromatic heterocycles. The van der Waals surface area contributed by atoms with Crippen molar-refractivity contribution in [3.8, 4) is 0 Å². The van der Waals surface area contributed by atoms with Gasteiger partial charge in [-0.3, -0.25) is 9.89 Å². The lowest BCUT2D eigenvalue weighted by molar-refractivity contribution is 0.242. The molecule has 1 aliphatic heterocycles. The summed E-state index contributed by atoms with van der Waals surface area (Å²) >= 11 is 0. The first-order valence-corrected chi connectivity index (χ1v) is 10.5. The van der Waals surface area contributed by atoms with Crippen LogP contribution in [0.15, 0.2) is 29.3 Å². The maximum absolute atomic E-state index is 4.45. The molecule has 5 heteroatoms. The molecule has 2 aromatic rings. The molecule has 27 heavy (non-hydrogen) atoms. The molecule has 146 valence electrons. The number of rotatable bonds is 5. The van der Waals surface area contributed by atoms with Crippen LogP contribution in [0.3, 0.4) is 0 Å². The maximum atomic E-state index is 4.45. The average Bonchev–Trinajstić information content (AvgIpc) is 3.41. The zero-order valence-electron chi connectivity index (χ0n) is 16.7. The molecule has 1 unspecified atom stereocenters. The first kappa shape index (κ1) is 18.4. The lowest BCUT2D eigenvalue weighted by Gasteiger charge is -2.24. The summed E-state index contributed by atoms with van der Waals surface area (Å²) in [7, 11) is 1.87. The van der Waals surface area contributed by atoms with Gasteiger partial charge >= 0.3 is 0 Å². The summed E-state index contributed by atoms with van der Waals surface area (Å²) in [5, 5.41) is 8.49.